The fourth-order valence-corrected chi connectivity index (χ4v) is 2.28. The number of hydrogen-bond donors (Lipinski definition) is 1. The fourth-order valence-electron chi connectivity index (χ4n) is 2.28. The lowest BCUT2D eigenvalue weighted by molar-refractivity contribution is 0.588. The Morgan fingerprint density at radius 2 is 1.53 bits per heavy atom. The third kappa shape index (κ3) is 6.77. The molecule has 1 heteroatoms. The summed E-state index contributed by atoms with van der Waals surface area (Å²) in [6.07, 6.45) is 6.57. The molecule has 0 aliphatic rings. The van der Waals surface area contributed by atoms with E-state index >= 15 is 0 Å². The highest BCUT2D eigenvalue weighted by atomic mass is 14.8. The summed E-state index contributed by atoms with van der Waals surface area (Å²) in [5.74, 6) is 0. The molecule has 0 amide bonds. The van der Waals surface area contributed by atoms with E-state index in [2.05, 4.69) is 57.3 Å². The van der Waals surface area contributed by atoms with Gasteiger partial charge in [0.05, 0.1) is 0 Å². The highest BCUT2D eigenvalue weighted by Gasteiger charge is 2.12. The van der Waals surface area contributed by atoms with E-state index in [0.29, 0.717) is 0 Å². The molecule has 1 aromatic carbocycles. The molecule has 1 N–H and O–H groups in total. The molecule has 1 rings (SSSR count). The van der Waals surface area contributed by atoms with Gasteiger partial charge in [-0.15, -0.1) is 0 Å². The van der Waals surface area contributed by atoms with Crippen LogP contribution in [0.25, 0.3) is 0 Å². The van der Waals surface area contributed by atoms with E-state index < -0.39 is 0 Å². The van der Waals surface area contributed by atoms with Crippen molar-refractivity contribution < 1.29 is 0 Å². The first kappa shape index (κ1) is 16.2. The van der Waals surface area contributed by atoms with Crippen molar-refractivity contribution in [3.63, 3.8) is 0 Å². The summed E-state index contributed by atoms with van der Waals surface area (Å²) in [5, 5.41) is 3.38. The van der Waals surface area contributed by atoms with Crippen molar-refractivity contribution in [1.29, 1.82) is 0 Å². The van der Waals surface area contributed by atoms with E-state index in [1.165, 1.54) is 49.8 Å². The minimum Gasteiger partial charge on any atom is -0.317 e. The van der Waals surface area contributed by atoms with Gasteiger partial charge >= 0.3 is 0 Å². The zero-order valence-electron chi connectivity index (χ0n) is 13.3. The van der Waals surface area contributed by atoms with E-state index in [0.717, 1.165) is 6.54 Å². The second-order valence-electron chi connectivity index (χ2n) is 6.46. The lowest BCUT2D eigenvalue weighted by atomic mass is 9.86. The molecule has 0 unspecified atom stereocenters. The molecule has 0 aromatic heterocycles. The van der Waals surface area contributed by atoms with Crippen LogP contribution in [-0.2, 0) is 11.8 Å². The Morgan fingerprint density at radius 1 is 0.895 bits per heavy atom. The van der Waals surface area contributed by atoms with Crippen LogP contribution in [-0.4, -0.2) is 13.1 Å². The van der Waals surface area contributed by atoms with Gasteiger partial charge < -0.3 is 5.32 Å². The number of rotatable bonds is 8. The number of unbranched alkanes of at least 4 members (excludes halogenated alkanes) is 3. The van der Waals surface area contributed by atoms with Crippen LogP contribution in [0.5, 0.6) is 0 Å². The van der Waals surface area contributed by atoms with Gasteiger partial charge in [0.2, 0.25) is 0 Å². The maximum absolute atomic E-state index is 3.38. The molecule has 1 aromatic rings. The summed E-state index contributed by atoms with van der Waals surface area (Å²) in [4.78, 5) is 0. The SMILES string of the molecule is CCNCCCCCCc1ccc(C(C)(C)C)cc1. The Bertz CT molecular complexity index is 332. The first-order valence-electron chi connectivity index (χ1n) is 7.84. The van der Waals surface area contributed by atoms with Crippen LogP contribution in [0, 0.1) is 0 Å². The van der Waals surface area contributed by atoms with Gasteiger partial charge in [-0.05, 0) is 48.9 Å². The molecular formula is C18H31N. The minimum atomic E-state index is 0.269. The van der Waals surface area contributed by atoms with E-state index in [9.17, 15) is 0 Å². The molecule has 0 fully saturated rings. The second kappa shape index (κ2) is 8.37. The average Bonchev–Trinajstić information content (AvgIpc) is 2.37. The van der Waals surface area contributed by atoms with Crippen molar-refractivity contribution in [2.45, 2.75) is 65.2 Å². The van der Waals surface area contributed by atoms with Crippen molar-refractivity contribution in [3.8, 4) is 0 Å². The molecule has 0 aliphatic heterocycles. The van der Waals surface area contributed by atoms with E-state index in [4.69, 9.17) is 0 Å². The van der Waals surface area contributed by atoms with Crippen molar-refractivity contribution in [1.82, 2.24) is 5.32 Å². The first-order chi connectivity index (χ1) is 9.04. The lowest BCUT2D eigenvalue weighted by Crippen LogP contribution is -2.13. The first-order valence-corrected chi connectivity index (χ1v) is 7.84. The molecule has 19 heavy (non-hydrogen) atoms. The summed E-state index contributed by atoms with van der Waals surface area (Å²) in [6, 6.07) is 9.19. The van der Waals surface area contributed by atoms with Gasteiger partial charge in [0.25, 0.3) is 0 Å². The molecular weight excluding hydrogens is 230 g/mol. The monoisotopic (exact) mass is 261 g/mol. The summed E-state index contributed by atoms with van der Waals surface area (Å²) in [7, 11) is 0. The Kier molecular flexibility index (Phi) is 7.15. The molecule has 1 nitrogen and oxygen atoms in total. The predicted molar refractivity (Wildman–Crippen MR) is 85.9 cm³/mol. The van der Waals surface area contributed by atoms with E-state index in [1.54, 1.807) is 0 Å². The van der Waals surface area contributed by atoms with Crippen molar-refractivity contribution in [2.75, 3.05) is 13.1 Å². The van der Waals surface area contributed by atoms with Crippen molar-refractivity contribution in [3.05, 3.63) is 35.4 Å². The van der Waals surface area contributed by atoms with Crippen LogP contribution >= 0.6 is 0 Å². The number of nitrogens with one attached hydrogen (secondary N) is 1. The van der Waals surface area contributed by atoms with Gasteiger partial charge in [-0.3, -0.25) is 0 Å². The van der Waals surface area contributed by atoms with Crippen LogP contribution < -0.4 is 5.32 Å². The summed E-state index contributed by atoms with van der Waals surface area (Å²) >= 11 is 0. The molecule has 0 saturated heterocycles. The molecule has 0 heterocycles. The summed E-state index contributed by atoms with van der Waals surface area (Å²) < 4.78 is 0. The van der Waals surface area contributed by atoms with Crippen LogP contribution in [0.2, 0.25) is 0 Å². The van der Waals surface area contributed by atoms with Gasteiger partial charge in [0.1, 0.15) is 0 Å². The second-order valence-corrected chi connectivity index (χ2v) is 6.46. The quantitative estimate of drug-likeness (QED) is 0.669. The lowest BCUT2D eigenvalue weighted by Gasteiger charge is -2.19. The third-order valence-corrected chi connectivity index (χ3v) is 3.64. The Hall–Kier alpha value is -0.820. The van der Waals surface area contributed by atoms with Gasteiger partial charge in [-0.2, -0.15) is 0 Å². The Morgan fingerprint density at radius 3 is 2.11 bits per heavy atom. The van der Waals surface area contributed by atoms with Crippen LogP contribution in [0.4, 0.5) is 0 Å². The van der Waals surface area contributed by atoms with Crippen LogP contribution in [0.1, 0.15) is 64.5 Å². The van der Waals surface area contributed by atoms with Crippen molar-refractivity contribution >= 4 is 0 Å². The van der Waals surface area contributed by atoms with Gasteiger partial charge in [0, 0.05) is 0 Å². The smallest absolute Gasteiger partial charge is 0.00490 e. The van der Waals surface area contributed by atoms with Crippen molar-refractivity contribution in [2.24, 2.45) is 0 Å². The predicted octanol–water partition coefficient (Wildman–Crippen LogP) is 4.70. The van der Waals surface area contributed by atoms with Crippen LogP contribution in [0.15, 0.2) is 24.3 Å². The molecule has 0 bridgehead atoms. The van der Waals surface area contributed by atoms with Crippen LogP contribution in [0.3, 0.4) is 0 Å². The Labute approximate surface area is 119 Å². The molecule has 0 saturated carbocycles. The topological polar surface area (TPSA) is 12.0 Å². The third-order valence-electron chi connectivity index (χ3n) is 3.64. The zero-order valence-corrected chi connectivity index (χ0v) is 13.3. The summed E-state index contributed by atoms with van der Waals surface area (Å²) in [5.41, 5.74) is 3.19. The standard InChI is InChI=1S/C18H31N/c1-5-19-15-9-7-6-8-10-16-11-13-17(14-12-16)18(2,3)4/h11-14,19H,5-10,15H2,1-4H3. The van der Waals surface area contributed by atoms with E-state index in [-0.39, 0.29) is 5.41 Å². The fraction of sp³-hybridized carbons (Fsp3) is 0.667. The maximum atomic E-state index is 3.38. The normalized spacial score (nSPS) is 11.8. The molecule has 0 spiro atoms. The highest BCUT2D eigenvalue weighted by molar-refractivity contribution is 5.27. The number of hydrogen-bond acceptors (Lipinski definition) is 1. The maximum Gasteiger partial charge on any atom is -0.00490 e. The number of benzene rings is 1. The zero-order chi connectivity index (χ0) is 14.1. The van der Waals surface area contributed by atoms with Gasteiger partial charge in [-0.1, -0.05) is 64.8 Å². The summed E-state index contributed by atoms with van der Waals surface area (Å²) in [6.45, 7) is 11.3. The molecule has 0 radical (unpaired) electrons. The molecule has 108 valence electrons. The molecule has 0 aliphatic carbocycles. The minimum absolute atomic E-state index is 0.269. The van der Waals surface area contributed by atoms with Gasteiger partial charge in [0.15, 0.2) is 0 Å². The number of aryl methyl sites for hydroxylation is 1. The molecule has 0 atom stereocenters. The Balaban J connectivity index is 2.20. The largest absolute Gasteiger partial charge is 0.317 e. The van der Waals surface area contributed by atoms with Gasteiger partial charge in [-0.25, -0.2) is 0 Å². The average molecular weight is 261 g/mol. The van der Waals surface area contributed by atoms with E-state index in [1.807, 2.05) is 0 Å². The highest BCUT2D eigenvalue weighted by Crippen LogP contribution is 2.22.